The van der Waals surface area contributed by atoms with Gasteiger partial charge in [0.2, 0.25) is 0 Å². The van der Waals surface area contributed by atoms with Crippen LogP contribution in [0.1, 0.15) is 10.7 Å². The molecule has 0 aliphatic heterocycles. The molecule has 0 spiro atoms. The average molecular weight is 245 g/mol. The van der Waals surface area contributed by atoms with Crippen LogP contribution in [0.5, 0.6) is 0 Å². The van der Waals surface area contributed by atoms with Gasteiger partial charge in [-0.1, -0.05) is 0 Å². The minimum absolute atomic E-state index is 0.0811. The van der Waals surface area contributed by atoms with Gasteiger partial charge in [-0.3, -0.25) is 0 Å². The Morgan fingerprint density at radius 2 is 2.38 bits per heavy atom. The normalized spacial score (nSPS) is 12.9. The maximum atomic E-state index is 5.49. The molecule has 6 heteroatoms. The molecule has 0 amide bonds. The minimum Gasteiger partial charge on any atom is -0.382 e. The molecule has 3 N–H and O–H groups in total. The van der Waals surface area contributed by atoms with E-state index in [0.29, 0.717) is 13.2 Å². The first-order chi connectivity index (χ1) is 7.80. The lowest BCUT2D eigenvalue weighted by atomic mass is 10.3. The van der Waals surface area contributed by atoms with Crippen LogP contribution >= 0.6 is 11.3 Å². The van der Waals surface area contributed by atoms with Crippen LogP contribution in [-0.2, 0) is 22.6 Å². The zero-order valence-electron chi connectivity index (χ0n) is 9.73. The highest BCUT2D eigenvalue weighted by atomic mass is 32.1. The highest BCUT2D eigenvalue weighted by Gasteiger charge is 2.06. The van der Waals surface area contributed by atoms with E-state index >= 15 is 0 Å². The van der Waals surface area contributed by atoms with Gasteiger partial charge in [0.1, 0.15) is 5.01 Å². The van der Waals surface area contributed by atoms with Crippen molar-refractivity contribution in [3.05, 3.63) is 16.1 Å². The molecule has 92 valence electrons. The summed E-state index contributed by atoms with van der Waals surface area (Å²) in [7, 11) is 3.35. The van der Waals surface area contributed by atoms with E-state index in [0.717, 1.165) is 23.8 Å². The van der Waals surface area contributed by atoms with Crippen molar-refractivity contribution in [3.8, 4) is 0 Å². The monoisotopic (exact) mass is 245 g/mol. The molecule has 1 atom stereocenters. The van der Waals surface area contributed by atoms with E-state index in [9.17, 15) is 0 Å². The highest BCUT2D eigenvalue weighted by molar-refractivity contribution is 7.09. The molecule has 5 nitrogen and oxygen atoms in total. The van der Waals surface area contributed by atoms with Crippen molar-refractivity contribution in [2.24, 2.45) is 5.73 Å². The number of aromatic nitrogens is 1. The summed E-state index contributed by atoms with van der Waals surface area (Å²) in [5.41, 5.74) is 6.52. The van der Waals surface area contributed by atoms with E-state index in [-0.39, 0.29) is 6.10 Å². The molecule has 0 aliphatic rings. The molecule has 0 aliphatic carbocycles. The number of hydrogen-bond acceptors (Lipinski definition) is 6. The molecule has 0 fully saturated rings. The van der Waals surface area contributed by atoms with Gasteiger partial charge in [0.25, 0.3) is 0 Å². The zero-order chi connectivity index (χ0) is 11.8. The molecule has 0 saturated heterocycles. The molecule has 1 aromatic rings. The smallest absolute Gasteiger partial charge is 0.106 e. The Kier molecular flexibility index (Phi) is 6.51. The van der Waals surface area contributed by atoms with Gasteiger partial charge in [0.05, 0.1) is 18.4 Å². The number of thiazole rings is 1. The van der Waals surface area contributed by atoms with Gasteiger partial charge in [0, 0.05) is 39.2 Å². The molecule has 1 rings (SSSR count). The third-order valence-corrected chi connectivity index (χ3v) is 3.06. The summed E-state index contributed by atoms with van der Waals surface area (Å²) in [5, 5.41) is 6.26. The van der Waals surface area contributed by atoms with Gasteiger partial charge in [-0.25, -0.2) is 4.98 Å². The van der Waals surface area contributed by atoms with Crippen molar-refractivity contribution in [3.63, 3.8) is 0 Å². The van der Waals surface area contributed by atoms with Gasteiger partial charge in [-0.2, -0.15) is 0 Å². The van der Waals surface area contributed by atoms with Crippen molar-refractivity contribution in [2.45, 2.75) is 19.2 Å². The van der Waals surface area contributed by atoms with Crippen LogP contribution < -0.4 is 11.1 Å². The van der Waals surface area contributed by atoms with Crippen LogP contribution in [0.3, 0.4) is 0 Å². The summed E-state index contributed by atoms with van der Waals surface area (Å²) in [6.45, 7) is 2.59. The van der Waals surface area contributed by atoms with Crippen LogP contribution in [0.4, 0.5) is 0 Å². The third-order valence-electron chi connectivity index (χ3n) is 2.14. The zero-order valence-corrected chi connectivity index (χ0v) is 10.5. The molecule has 0 saturated carbocycles. The predicted octanol–water partition coefficient (Wildman–Crippen LogP) is 0.353. The summed E-state index contributed by atoms with van der Waals surface area (Å²) in [4.78, 5) is 4.36. The van der Waals surface area contributed by atoms with Crippen LogP contribution in [-0.4, -0.2) is 38.5 Å². The number of ether oxygens (including phenoxy) is 2. The van der Waals surface area contributed by atoms with Crippen molar-refractivity contribution >= 4 is 11.3 Å². The Morgan fingerprint density at radius 3 is 2.94 bits per heavy atom. The molecule has 16 heavy (non-hydrogen) atoms. The Labute approximate surface area is 100.0 Å². The quantitative estimate of drug-likeness (QED) is 0.692. The number of nitrogens with two attached hydrogens (primary N) is 1. The van der Waals surface area contributed by atoms with Crippen LogP contribution in [0, 0.1) is 0 Å². The molecule has 0 bridgehead atoms. The largest absolute Gasteiger partial charge is 0.382 e. The second kappa shape index (κ2) is 7.70. The fourth-order valence-corrected chi connectivity index (χ4v) is 1.96. The third kappa shape index (κ3) is 4.54. The van der Waals surface area contributed by atoms with Crippen molar-refractivity contribution in [2.75, 3.05) is 27.4 Å². The molecule has 0 radical (unpaired) electrons. The number of nitrogens with one attached hydrogen (secondary N) is 1. The van der Waals surface area contributed by atoms with E-state index < -0.39 is 0 Å². The second-order valence-electron chi connectivity index (χ2n) is 3.38. The first kappa shape index (κ1) is 13.5. The van der Waals surface area contributed by atoms with E-state index in [4.69, 9.17) is 15.2 Å². The fraction of sp³-hybridized carbons (Fsp3) is 0.700. The van der Waals surface area contributed by atoms with E-state index in [1.807, 2.05) is 5.38 Å². The fourth-order valence-electron chi connectivity index (χ4n) is 1.28. The molecule has 0 aromatic carbocycles. The highest BCUT2D eigenvalue weighted by Crippen LogP contribution is 2.08. The molecular formula is C10H19N3O2S. The predicted molar refractivity (Wildman–Crippen MR) is 64.4 cm³/mol. The first-order valence-corrected chi connectivity index (χ1v) is 6.04. The van der Waals surface area contributed by atoms with Crippen LogP contribution in [0.25, 0.3) is 0 Å². The number of rotatable bonds is 8. The van der Waals surface area contributed by atoms with Crippen molar-refractivity contribution in [1.82, 2.24) is 10.3 Å². The molecule has 1 heterocycles. The summed E-state index contributed by atoms with van der Waals surface area (Å²) < 4.78 is 10.3. The average Bonchev–Trinajstić information content (AvgIpc) is 2.76. The summed E-state index contributed by atoms with van der Waals surface area (Å²) in [5.74, 6) is 0. The molecular weight excluding hydrogens is 226 g/mol. The molecule has 1 aromatic heterocycles. The Balaban J connectivity index is 2.23. The van der Waals surface area contributed by atoms with Crippen LogP contribution in [0.2, 0.25) is 0 Å². The standard InChI is InChI=1S/C10H19N3O2S/c1-14-6-9(15-2)5-12-4-8-7-16-10(3-11)13-8/h7,9,12H,3-6,11H2,1-2H3. The van der Waals surface area contributed by atoms with Crippen molar-refractivity contribution < 1.29 is 9.47 Å². The Bertz CT molecular complexity index is 293. The first-order valence-electron chi connectivity index (χ1n) is 5.16. The van der Waals surface area contributed by atoms with E-state index in [1.54, 1.807) is 25.6 Å². The van der Waals surface area contributed by atoms with Gasteiger partial charge in [-0.05, 0) is 0 Å². The lowest BCUT2D eigenvalue weighted by Crippen LogP contribution is -2.31. The lowest BCUT2D eigenvalue weighted by Gasteiger charge is -2.14. The van der Waals surface area contributed by atoms with Gasteiger partial charge in [-0.15, -0.1) is 11.3 Å². The van der Waals surface area contributed by atoms with Gasteiger partial charge in [0.15, 0.2) is 0 Å². The molecule has 1 unspecified atom stereocenters. The number of hydrogen-bond donors (Lipinski definition) is 2. The Morgan fingerprint density at radius 1 is 1.56 bits per heavy atom. The summed E-state index contributed by atoms with van der Waals surface area (Å²) in [6.07, 6.45) is 0.0811. The summed E-state index contributed by atoms with van der Waals surface area (Å²) in [6, 6.07) is 0. The maximum Gasteiger partial charge on any atom is 0.106 e. The minimum atomic E-state index is 0.0811. The van der Waals surface area contributed by atoms with Crippen molar-refractivity contribution in [1.29, 1.82) is 0 Å². The second-order valence-corrected chi connectivity index (χ2v) is 4.32. The lowest BCUT2D eigenvalue weighted by molar-refractivity contribution is 0.0287. The van der Waals surface area contributed by atoms with Crippen LogP contribution in [0.15, 0.2) is 5.38 Å². The van der Waals surface area contributed by atoms with Gasteiger partial charge >= 0.3 is 0 Å². The van der Waals surface area contributed by atoms with Gasteiger partial charge < -0.3 is 20.5 Å². The Hall–Kier alpha value is -0.530. The maximum absolute atomic E-state index is 5.49. The number of nitrogens with zero attached hydrogens (tertiary/aromatic N) is 1. The SMILES string of the molecule is COCC(CNCc1csc(CN)n1)OC. The van der Waals surface area contributed by atoms with E-state index in [2.05, 4.69) is 10.3 Å². The van der Waals surface area contributed by atoms with E-state index in [1.165, 1.54) is 0 Å². The number of methoxy groups -OCH3 is 2. The topological polar surface area (TPSA) is 69.4 Å². The summed E-state index contributed by atoms with van der Waals surface area (Å²) >= 11 is 1.59.